The molecule has 2 aromatic carbocycles. The first-order valence-corrected chi connectivity index (χ1v) is 10.4. The summed E-state index contributed by atoms with van der Waals surface area (Å²) in [5.74, 6) is 1.38. The number of aromatic nitrogens is 1. The Morgan fingerprint density at radius 2 is 1.97 bits per heavy atom. The Hall–Kier alpha value is -2.86. The molecule has 6 heteroatoms. The number of carbonyl (C=O) groups excluding carboxylic acids is 1. The Kier molecular flexibility index (Phi) is 4.72. The first-order chi connectivity index (χ1) is 14.2. The fourth-order valence-electron chi connectivity index (χ4n) is 4.45. The Bertz CT molecular complexity index is 1040. The van der Waals surface area contributed by atoms with E-state index in [1.54, 1.807) is 0 Å². The van der Waals surface area contributed by atoms with Gasteiger partial charge in [0.25, 0.3) is 0 Å². The molecule has 6 nitrogen and oxygen atoms in total. The van der Waals surface area contributed by atoms with Gasteiger partial charge in [0.05, 0.1) is 5.39 Å². The molecule has 1 fully saturated rings. The van der Waals surface area contributed by atoms with E-state index in [1.807, 2.05) is 18.2 Å². The molecule has 5 rings (SSSR count). The molecule has 0 aliphatic carbocycles. The minimum atomic E-state index is 0.121. The summed E-state index contributed by atoms with van der Waals surface area (Å²) in [5.41, 5.74) is 4.44. The molecule has 0 radical (unpaired) electrons. The van der Waals surface area contributed by atoms with Crippen LogP contribution in [0.5, 0.6) is 0 Å². The highest BCUT2D eigenvalue weighted by Gasteiger charge is 2.23. The van der Waals surface area contributed by atoms with E-state index < -0.39 is 0 Å². The number of rotatable bonds is 4. The van der Waals surface area contributed by atoms with E-state index in [-0.39, 0.29) is 5.91 Å². The second-order valence-corrected chi connectivity index (χ2v) is 8.16. The number of carbonyl (C=O) groups is 1. The van der Waals surface area contributed by atoms with Crippen molar-refractivity contribution < 1.29 is 9.32 Å². The number of fused-ring (bicyclic) bond motifs is 2. The zero-order valence-corrected chi connectivity index (χ0v) is 16.7. The lowest BCUT2D eigenvalue weighted by atomic mass is 9.90. The molecule has 0 spiro atoms. The minimum Gasteiger partial charge on any atom is -0.354 e. The molecule has 1 saturated heterocycles. The van der Waals surface area contributed by atoms with Crippen LogP contribution in [0.4, 0.5) is 11.5 Å². The molecule has 1 N–H and O–H groups in total. The predicted octanol–water partition coefficient (Wildman–Crippen LogP) is 3.64. The number of anilines is 2. The molecule has 1 aromatic heterocycles. The average Bonchev–Trinajstić information content (AvgIpc) is 3.17. The normalized spacial score (nSPS) is 20.0. The number of amides is 1. The van der Waals surface area contributed by atoms with Gasteiger partial charge < -0.3 is 14.7 Å². The number of piperazine rings is 1. The monoisotopic (exact) mass is 390 g/mol. The van der Waals surface area contributed by atoms with Crippen molar-refractivity contribution in [1.82, 2.24) is 10.1 Å². The van der Waals surface area contributed by atoms with E-state index in [1.165, 1.54) is 11.1 Å². The van der Waals surface area contributed by atoms with Crippen molar-refractivity contribution in [2.45, 2.75) is 25.7 Å². The Labute approximate surface area is 170 Å². The minimum absolute atomic E-state index is 0.121. The van der Waals surface area contributed by atoms with Crippen molar-refractivity contribution in [3.63, 3.8) is 0 Å². The summed E-state index contributed by atoms with van der Waals surface area (Å²) < 4.78 is 5.46. The van der Waals surface area contributed by atoms with E-state index in [0.717, 1.165) is 61.6 Å². The van der Waals surface area contributed by atoms with Crippen LogP contribution in [0.15, 0.2) is 47.0 Å². The van der Waals surface area contributed by atoms with Crippen LogP contribution >= 0.6 is 0 Å². The lowest BCUT2D eigenvalue weighted by molar-refractivity contribution is -0.116. The Morgan fingerprint density at radius 3 is 2.83 bits per heavy atom. The zero-order chi connectivity index (χ0) is 19.8. The lowest BCUT2D eigenvalue weighted by Crippen LogP contribution is -2.47. The molecule has 0 saturated carbocycles. The van der Waals surface area contributed by atoms with Gasteiger partial charge in [-0.3, -0.25) is 9.69 Å². The maximum absolute atomic E-state index is 11.7. The maximum atomic E-state index is 11.7. The highest BCUT2D eigenvalue weighted by molar-refractivity contribution is 5.94. The summed E-state index contributed by atoms with van der Waals surface area (Å²) in [6.07, 6.45) is 1.61. The van der Waals surface area contributed by atoms with Crippen LogP contribution in [0.25, 0.3) is 11.0 Å². The van der Waals surface area contributed by atoms with Crippen molar-refractivity contribution in [2.24, 2.45) is 0 Å². The van der Waals surface area contributed by atoms with Crippen LogP contribution in [-0.2, 0) is 11.2 Å². The molecule has 150 valence electrons. The lowest BCUT2D eigenvalue weighted by Gasteiger charge is -2.34. The summed E-state index contributed by atoms with van der Waals surface area (Å²) in [6.45, 7) is 7.16. The molecule has 0 bridgehead atoms. The highest BCUT2D eigenvalue weighted by atomic mass is 16.5. The van der Waals surface area contributed by atoms with Crippen molar-refractivity contribution in [1.29, 1.82) is 0 Å². The Morgan fingerprint density at radius 1 is 1.14 bits per heavy atom. The first kappa shape index (κ1) is 18.2. The highest BCUT2D eigenvalue weighted by Crippen LogP contribution is 2.32. The predicted molar refractivity (Wildman–Crippen MR) is 114 cm³/mol. The fourth-order valence-corrected chi connectivity index (χ4v) is 4.45. The molecule has 2 aliphatic rings. The summed E-state index contributed by atoms with van der Waals surface area (Å²) in [4.78, 5) is 16.5. The smallest absolute Gasteiger partial charge is 0.224 e. The van der Waals surface area contributed by atoms with Gasteiger partial charge >= 0.3 is 0 Å². The van der Waals surface area contributed by atoms with Crippen LogP contribution < -0.4 is 10.2 Å². The zero-order valence-electron chi connectivity index (χ0n) is 16.7. The summed E-state index contributed by atoms with van der Waals surface area (Å²) in [7, 11) is 0. The molecule has 29 heavy (non-hydrogen) atoms. The van der Waals surface area contributed by atoms with Gasteiger partial charge in [0.2, 0.25) is 5.91 Å². The molecular formula is C23H26N4O2. The van der Waals surface area contributed by atoms with E-state index in [0.29, 0.717) is 12.3 Å². The van der Waals surface area contributed by atoms with Crippen LogP contribution in [0, 0.1) is 0 Å². The summed E-state index contributed by atoms with van der Waals surface area (Å²) >= 11 is 0. The van der Waals surface area contributed by atoms with E-state index in [9.17, 15) is 4.79 Å². The van der Waals surface area contributed by atoms with Gasteiger partial charge in [-0.2, -0.15) is 0 Å². The molecule has 0 unspecified atom stereocenters. The van der Waals surface area contributed by atoms with Crippen LogP contribution in [-0.4, -0.2) is 48.7 Å². The van der Waals surface area contributed by atoms with Crippen molar-refractivity contribution in [3.8, 4) is 0 Å². The number of benzene rings is 2. The van der Waals surface area contributed by atoms with E-state index in [2.05, 4.69) is 51.5 Å². The van der Waals surface area contributed by atoms with Gasteiger partial charge in [0.1, 0.15) is 0 Å². The third-order valence-corrected chi connectivity index (χ3v) is 6.16. The fraction of sp³-hybridized carbons (Fsp3) is 0.391. The summed E-state index contributed by atoms with van der Waals surface area (Å²) in [6, 6.07) is 14.5. The Balaban J connectivity index is 1.19. The molecule has 3 heterocycles. The van der Waals surface area contributed by atoms with Crippen molar-refractivity contribution in [2.75, 3.05) is 42.9 Å². The molecule has 2 aliphatic heterocycles. The first-order valence-electron chi connectivity index (χ1n) is 10.4. The van der Waals surface area contributed by atoms with Crippen LogP contribution in [0.2, 0.25) is 0 Å². The average molecular weight is 390 g/mol. The number of hydrogen-bond donors (Lipinski definition) is 1. The van der Waals surface area contributed by atoms with Crippen LogP contribution in [0.1, 0.15) is 30.4 Å². The number of nitrogens with one attached hydrogen (secondary N) is 1. The topological polar surface area (TPSA) is 61.6 Å². The number of nitrogens with zero attached hydrogens (tertiary/aromatic N) is 3. The van der Waals surface area contributed by atoms with Crippen LogP contribution in [0.3, 0.4) is 0 Å². The molecule has 1 atom stereocenters. The van der Waals surface area contributed by atoms with E-state index in [4.69, 9.17) is 4.52 Å². The van der Waals surface area contributed by atoms with Gasteiger partial charge in [-0.05, 0) is 41.7 Å². The van der Waals surface area contributed by atoms with Crippen molar-refractivity contribution in [3.05, 3.63) is 53.6 Å². The second-order valence-electron chi connectivity index (χ2n) is 8.16. The third-order valence-electron chi connectivity index (χ3n) is 6.16. The van der Waals surface area contributed by atoms with Gasteiger partial charge in [0, 0.05) is 44.8 Å². The SMILES string of the molecule is C[C@H]1CC(=O)Nc2ccc(CCN3CCN(c4noc5ccccc45)CC3)cc21. The quantitative estimate of drug-likeness (QED) is 0.737. The van der Waals surface area contributed by atoms with E-state index >= 15 is 0 Å². The third kappa shape index (κ3) is 3.60. The number of hydrogen-bond acceptors (Lipinski definition) is 5. The maximum Gasteiger partial charge on any atom is 0.224 e. The summed E-state index contributed by atoms with van der Waals surface area (Å²) in [5, 5.41) is 8.37. The number of para-hydroxylation sites is 1. The molecular weight excluding hydrogens is 364 g/mol. The van der Waals surface area contributed by atoms with Gasteiger partial charge in [-0.25, -0.2) is 0 Å². The van der Waals surface area contributed by atoms with Gasteiger partial charge in [-0.1, -0.05) is 36.3 Å². The molecule has 1 amide bonds. The molecule has 3 aromatic rings. The van der Waals surface area contributed by atoms with Crippen molar-refractivity contribution >= 4 is 28.4 Å². The largest absolute Gasteiger partial charge is 0.354 e. The van der Waals surface area contributed by atoms with Gasteiger partial charge in [0.15, 0.2) is 11.4 Å². The van der Waals surface area contributed by atoms with Gasteiger partial charge in [-0.15, -0.1) is 0 Å². The second kappa shape index (κ2) is 7.52. The standard InChI is InChI=1S/C23H26N4O2/c1-16-14-22(28)24-20-7-6-17(15-19(16)20)8-9-26-10-12-27(13-11-26)23-18-4-2-3-5-21(18)29-25-23/h2-7,15-16H,8-14H2,1H3,(H,24,28)/t16-/m0/s1.